The lowest BCUT2D eigenvalue weighted by Gasteiger charge is -2.08. The number of benzene rings is 1. The molecule has 2 amide bonds. The molecule has 0 saturated carbocycles. The van der Waals surface area contributed by atoms with E-state index < -0.39 is 34.6 Å². The maximum absolute atomic E-state index is 13.1. The Hall–Kier alpha value is -2.94. The summed E-state index contributed by atoms with van der Waals surface area (Å²) < 4.78 is 14.0. The monoisotopic (exact) mass is 352 g/mol. The number of halogens is 2. The minimum atomic E-state index is -0.895. The third-order valence-electron chi connectivity index (χ3n) is 3.35. The van der Waals surface area contributed by atoms with E-state index in [4.69, 9.17) is 11.6 Å². The SMILES string of the molecule is O=C1Cn2c(nc(C(=O)NCc3ccc(F)c(Cl)c3)c(O)c2=O)N1. The smallest absolute Gasteiger partial charge is 0.298 e. The van der Waals surface area contributed by atoms with Gasteiger partial charge < -0.3 is 10.4 Å². The average molecular weight is 353 g/mol. The lowest BCUT2D eigenvalue weighted by Crippen LogP contribution is -2.28. The number of nitrogens with one attached hydrogen (secondary N) is 2. The number of nitrogens with zero attached hydrogens (tertiary/aromatic N) is 2. The lowest BCUT2D eigenvalue weighted by atomic mass is 10.2. The van der Waals surface area contributed by atoms with E-state index in [0.717, 1.165) is 10.6 Å². The molecule has 10 heteroatoms. The molecule has 0 bridgehead atoms. The molecule has 0 atom stereocenters. The van der Waals surface area contributed by atoms with Gasteiger partial charge in [-0.25, -0.2) is 9.37 Å². The van der Waals surface area contributed by atoms with Crippen LogP contribution in [0.4, 0.5) is 10.3 Å². The summed E-state index contributed by atoms with van der Waals surface area (Å²) in [5, 5.41) is 14.5. The molecule has 2 heterocycles. The van der Waals surface area contributed by atoms with Crippen molar-refractivity contribution in [3.05, 3.63) is 50.7 Å². The molecular formula is C14H10ClFN4O4. The van der Waals surface area contributed by atoms with E-state index in [9.17, 15) is 23.9 Å². The van der Waals surface area contributed by atoms with Gasteiger partial charge in [0.25, 0.3) is 11.5 Å². The van der Waals surface area contributed by atoms with E-state index in [2.05, 4.69) is 15.6 Å². The number of aromatic hydroxyl groups is 1. The van der Waals surface area contributed by atoms with E-state index in [1.807, 2.05) is 0 Å². The second-order valence-electron chi connectivity index (χ2n) is 5.00. The Balaban J connectivity index is 1.82. The summed E-state index contributed by atoms with van der Waals surface area (Å²) in [5.41, 5.74) is -0.893. The van der Waals surface area contributed by atoms with Crippen LogP contribution in [0.2, 0.25) is 5.02 Å². The molecule has 8 nitrogen and oxygen atoms in total. The average Bonchev–Trinajstić information content (AvgIpc) is 2.92. The first kappa shape index (κ1) is 15.9. The van der Waals surface area contributed by atoms with Crippen LogP contribution in [0, 0.1) is 5.82 Å². The van der Waals surface area contributed by atoms with Gasteiger partial charge in [0.05, 0.1) is 5.02 Å². The van der Waals surface area contributed by atoms with Gasteiger partial charge in [0.1, 0.15) is 12.4 Å². The molecule has 3 rings (SSSR count). The zero-order chi connectivity index (χ0) is 17.4. The number of anilines is 1. The van der Waals surface area contributed by atoms with Crippen molar-refractivity contribution in [2.75, 3.05) is 5.32 Å². The van der Waals surface area contributed by atoms with Gasteiger partial charge in [-0.3, -0.25) is 24.3 Å². The molecule has 1 aliphatic heterocycles. The third-order valence-corrected chi connectivity index (χ3v) is 3.64. The van der Waals surface area contributed by atoms with E-state index in [1.165, 1.54) is 12.1 Å². The highest BCUT2D eigenvalue weighted by atomic mass is 35.5. The van der Waals surface area contributed by atoms with Gasteiger partial charge in [-0.15, -0.1) is 0 Å². The normalized spacial score (nSPS) is 12.7. The van der Waals surface area contributed by atoms with Crippen molar-refractivity contribution in [2.24, 2.45) is 0 Å². The zero-order valence-corrected chi connectivity index (χ0v) is 12.7. The highest BCUT2D eigenvalue weighted by Crippen LogP contribution is 2.18. The number of aromatic nitrogens is 2. The first-order chi connectivity index (χ1) is 11.4. The van der Waals surface area contributed by atoms with Crippen LogP contribution < -0.4 is 16.2 Å². The molecule has 0 aliphatic carbocycles. The summed E-state index contributed by atoms with van der Waals surface area (Å²) in [5.74, 6) is -2.86. The molecule has 0 fully saturated rings. The van der Waals surface area contributed by atoms with Crippen LogP contribution in [0.1, 0.15) is 16.1 Å². The first-order valence-corrected chi connectivity index (χ1v) is 7.10. The Morgan fingerprint density at radius 3 is 2.92 bits per heavy atom. The summed E-state index contributed by atoms with van der Waals surface area (Å²) in [7, 11) is 0. The Bertz CT molecular complexity index is 928. The molecule has 0 spiro atoms. The van der Waals surface area contributed by atoms with Gasteiger partial charge in [-0.1, -0.05) is 17.7 Å². The van der Waals surface area contributed by atoms with Crippen LogP contribution in [0.3, 0.4) is 0 Å². The number of carbonyl (C=O) groups is 2. The summed E-state index contributed by atoms with van der Waals surface area (Å²) in [6, 6.07) is 3.91. The molecule has 124 valence electrons. The van der Waals surface area contributed by atoms with Crippen molar-refractivity contribution >= 4 is 29.4 Å². The molecule has 1 aliphatic rings. The highest BCUT2D eigenvalue weighted by Gasteiger charge is 2.26. The van der Waals surface area contributed by atoms with Crippen LogP contribution in [0.15, 0.2) is 23.0 Å². The van der Waals surface area contributed by atoms with Gasteiger partial charge in [0, 0.05) is 6.54 Å². The summed E-state index contributed by atoms with van der Waals surface area (Å²) in [6.07, 6.45) is 0. The predicted molar refractivity (Wildman–Crippen MR) is 81.4 cm³/mol. The van der Waals surface area contributed by atoms with Gasteiger partial charge in [0.15, 0.2) is 5.69 Å². The van der Waals surface area contributed by atoms with Crippen LogP contribution in [-0.4, -0.2) is 26.5 Å². The van der Waals surface area contributed by atoms with Crippen LogP contribution in [-0.2, 0) is 17.9 Å². The minimum Gasteiger partial charge on any atom is -0.501 e. The minimum absolute atomic E-state index is 0.0231. The molecule has 2 aromatic rings. The Kier molecular flexibility index (Phi) is 3.94. The quantitative estimate of drug-likeness (QED) is 0.749. The van der Waals surface area contributed by atoms with Crippen molar-refractivity contribution in [1.29, 1.82) is 0 Å². The fourth-order valence-corrected chi connectivity index (χ4v) is 2.37. The number of carbonyl (C=O) groups excluding carboxylic acids is 2. The van der Waals surface area contributed by atoms with Gasteiger partial charge in [0.2, 0.25) is 17.6 Å². The van der Waals surface area contributed by atoms with Crippen LogP contribution in [0.25, 0.3) is 0 Å². The van der Waals surface area contributed by atoms with E-state index >= 15 is 0 Å². The van der Waals surface area contributed by atoms with Gasteiger partial charge in [-0.2, -0.15) is 0 Å². The largest absolute Gasteiger partial charge is 0.501 e. The maximum Gasteiger partial charge on any atom is 0.298 e. The fourth-order valence-electron chi connectivity index (χ4n) is 2.17. The molecule has 1 aromatic carbocycles. The number of fused-ring (bicyclic) bond motifs is 1. The predicted octanol–water partition coefficient (Wildman–Crippen LogP) is 0.623. The maximum atomic E-state index is 13.1. The van der Waals surface area contributed by atoms with Crippen molar-refractivity contribution in [3.8, 4) is 5.75 Å². The second kappa shape index (κ2) is 5.93. The van der Waals surface area contributed by atoms with Gasteiger partial charge in [-0.05, 0) is 17.7 Å². The Labute approximate surface area is 138 Å². The summed E-state index contributed by atoms with van der Waals surface area (Å²) in [6.45, 7) is -0.296. The molecule has 0 radical (unpaired) electrons. The van der Waals surface area contributed by atoms with Crippen molar-refractivity contribution in [3.63, 3.8) is 0 Å². The third kappa shape index (κ3) is 2.81. The molecule has 0 unspecified atom stereocenters. The molecule has 0 saturated heterocycles. The first-order valence-electron chi connectivity index (χ1n) is 6.72. The van der Waals surface area contributed by atoms with Crippen LogP contribution >= 0.6 is 11.6 Å². The van der Waals surface area contributed by atoms with Crippen molar-refractivity contribution < 1.29 is 19.1 Å². The van der Waals surface area contributed by atoms with Crippen molar-refractivity contribution in [1.82, 2.24) is 14.9 Å². The second-order valence-corrected chi connectivity index (χ2v) is 5.41. The molecule has 1 aromatic heterocycles. The van der Waals surface area contributed by atoms with E-state index in [1.54, 1.807) is 0 Å². The molecular weight excluding hydrogens is 343 g/mol. The Morgan fingerprint density at radius 1 is 1.46 bits per heavy atom. The number of rotatable bonds is 3. The van der Waals surface area contributed by atoms with Crippen molar-refractivity contribution in [2.45, 2.75) is 13.1 Å². The number of amides is 2. The highest BCUT2D eigenvalue weighted by molar-refractivity contribution is 6.30. The van der Waals surface area contributed by atoms with Gasteiger partial charge >= 0.3 is 0 Å². The number of hydrogen-bond acceptors (Lipinski definition) is 5. The molecule has 3 N–H and O–H groups in total. The number of hydrogen-bond donors (Lipinski definition) is 3. The van der Waals surface area contributed by atoms with Crippen LogP contribution in [0.5, 0.6) is 5.75 Å². The topological polar surface area (TPSA) is 113 Å². The summed E-state index contributed by atoms with van der Waals surface area (Å²) in [4.78, 5) is 39.1. The zero-order valence-electron chi connectivity index (χ0n) is 12.0. The molecule has 24 heavy (non-hydrogen) atoms. The fraction of sp³-hybridized carbons (Fsp3) is 0.143. The lowest BCUT2D eigenvalue weighted by molar-refractivity contribution is -0.115. The van der Waals surface area contributed by atoms with E-state index in [0.29, 0.717) is 5.56 Å². The standard InChI is InChI=1S/C14H10ClFN4O4/c15-7-3-6(1-2-8(7)16)4-17-12(23)10-11(22)13(24)20-5-9(21)18-14(20)19-10/h1-3,22H,4-5H2,(H,17,23)(H,18,19,21). The Morgan fingerprint density at radius 2 is 2.21 bits per heavy atom. The van der Waals surface area contributed by atoms with E-state index in [-0.39, 0.29) is 24.1 Å². The summed E-state index contributed by atoms with van der Waals surface area (Å²) >= 11 is 5.65.